The number of rotatable bonds is 5. The van der Waals surface area contributed by atoms with Gasteiger partial charge in [-0.25, -0.2) is 4.79 Å². The molecule has 1 aliphatic rings. The second kappa shape index (κ2) is 7.28. The van der Waals surface area contributed by atoms with E-state index in [1.54, 1.807) is 12.1 Å². The first-order valence-corrected chi connectivity index (χ1v) is 7.64. The normalized spacial score (nSPS) is 14.2. The maximum absolute atomic E-state index is 11.8. The molecule has 0 spiro atoms. The minimum atomic E-state index is -0.836. The van der Waals surface area contributed by atoms with Crippen molar-refractivity contribution in [3.63, 3.8) is 0 Å². The van der Waals surface area contributed by atoms with Gasteiger partial charge in [0.15, 0.2) is 11.5 Å². The number of urea groups is 1. The molecule has 0 aliphatic carbocycles. The number of benzene rings is 1. The minimum absolute atomic E-state index is 0.172. The first-order valence-electron chi connectivity index (χ1n) is 6.85. The molecule has 2 rings (SSSR count). The highest BCUT2D eigenvalue weighted by Crippen LogP contribution is 2.34. The summed E-state index contributed by atoms with van der Waals surface area (Å²) >= 11 is 3.37. The van der Waals surface area contributed by atoms with Gasteiger partial charge < -0.3 is 9.47 Å². The lowest BCUT2D eigenvalue weighted by atomic mass is 10.1. The minimum Gasteiger partial charge on any atom is -0.493 e. The molecule has 1 aromatic carbocycles. The number of hydrogen-bond acceptors (Lipinski definition) is 5. The van der Waals surface area contributed by atoms with Gasteiger partial charge in [-0.05, 0) is 30.2 Å². The fraction of sp³-hybridized carbons (Fsp3) is 0.267. The summed E-state index contributed by atoms with van der Waals surface area (Å²) in [6, 6.07) is 2.50. The first kappa shape index (κ1) is 17.0. The van der Waals surface area contributed by atoms with Gasteiger partial charge in [0.05, 0.1) is 13.7 Å². The van der Waals surface area contributed by atoms with Crippen molar-refractivity contribution in [3.8, 4) is 11.5 Å². The monoisotopic (exact) mass is 382 g/mol. The summed E-state index contributed by atoms with van der Waals surface area (Å²) in [4.78, 5) is 34.6. The number of hydrogen-bond donors (Lipinski definition) is 2. The third kappa shape index (κ3) is 3.89. The van der Waals surface area contributed by atoms with Crippen LogP contribution in [0, 0.1) is 0 Å². The number of methoxy groups -OCH3 is 1. The molecule has 0 aromatic heterocycles. The van der Waals surface area contributed by atoms with Crippen molar-refractivity contribution >= 4 is 39.9 Å². The molecule has 1 fully saturated rings. The van der Waals surface area contributed by atoms with Gasteiger partial charge in [-0.15, -0.1) is 0 Å². The van der Waals surface area contributed by atoms with E-state index in [0.29, 0.717) is 28.1 Å². The van der Waals surface area contributed by atoms with Crippen molar-refractivity contribution in [1.82, 2.24) is 10.6 Å². The number of barbiturate groups is 1. The Morgan fingerprint density at radius 3 is 2.35 bits per heavy atom. The maximum Gasteiger partial charge on any atom is 0.328 e. The molecule has 122 valence electrons. The molecule has 23 heavy (non-hydrogen) atoms. The molecule has 0 bridgehead atoms. The molecular formula is C15H15BrN2O5. The Bertz CT molecular complexity index is 677. The molecule has 1 heterocycles. The van der Waals surface area contributed by atoms with Crippen LogP contribution in [-0.2, 0) is 9.59 Å². The lowest BCUT2D eigenvalue weighted by molar-refractivity contribution is -0.123. The zero-order valence-electron chi connectivity index (χ0n) is 12.6. The Labute approximate surface area is 141 Å². The van der Waals surface area contributed by atoms with Crippen LogP contribution in [-0.4, -0.2) is 31.6 Å². The van der Waals surface area contributed by atoms with Gasteiger partial charge in [-0.3, -0.25) is 20.2 Å². The van der Waals surface area contributed by atoms with E-state index in [0.717, 1.165) is 6.42 Å². The van der Waals surface area contributed by atoms with E-state index in [2.05, 4.69) is 15.9 Å². The second-order valence-corrected chi connectivity index (χ2v) is 5.52. The van der Waals surface area contributed by atoms with Crippen LogP contribution in [0.15, 0.2) is 22.2 Å². The fourth-order valence-electron chi connectivity index (χ4n) is 1.91. The fourth-order valence-corrected chi connectivity index (χ4v) is 2.34. The SMILES string of the molecule is CCCOc1cc(Br)c(C=C2C(=O)NC(=O)NC2=O)cc1OC. The highest BCUT2D eigenvalue weighted by atomic mass is 79.9. The lowest BCUT2D eigenvalue weighted by Gasteiger charge is -2.15. The molecular weight excluding hydrogens is 368 g/mol. The van der Waals surface area contributed by atoms with E-state index in [9.17, 15) is 14.4 Å². The van der Waals surface area contributed by atoms with Gasteiger partial charge in [-0.2, -0.15) is 0 Å². The van der Waals surface area contributed by atoms with Gasteiger partial charge in [0.2, 0.25) is 0 Å². The Morgan fingerprint density at radius 2 is 1.78 bits per heavy atom. The van der Waals surface area contributed by atoms with E-state index in [1.807, 2.05) is 17.6 Å². The Kier molecular flexibility index (Phi) is 5.38. The number of imide groups is 2. The Morgan fingerprint density at radius 1 is 1.13 bits per heavy atom. The molecule has 1 saturated heterocycles. The van der Waals surface area contributed by atoms with Gasteiger partial charge >= 0.3 is 6.03 Å². The third-order valence-corrected chi connectivity index (χ3v) is 3.67. The number of ether oxygens (including phenoxy) is 2. The van der Waals surface area contributed by atoms with Crippen molar-refractivity contribution in [2.24, 2.45) is 0 Å². The zero-order valence-corrected chi connectivity index (χ0v) is 14.2. The molecule has 0 atom stereocenters. The van der Waals surface area contributed by atoms with Crippen molar-refractivity contribution in [1.29, 1.82) is 0 Å². The van der Waals surface area contributed by atoms with E-state index in [4.69, 9.17) is 9.47 Å². The molecule has 1 aromatic rings. The van der Waals surface area contributed by atoms with Crippen LogP contribution in [0.25, 0.3) is 6.08 Å². The third-order valence-electron chi connectivity index (χ3n) is 2.99. The summed E-state index contributed by atoms with van der Waals surface area (Å²) in [5.74, 6) is -0.482. The van der Waals surface area contributed by atoms with Crippen molar-refractivity contribution in [3.05, 3.63) is 27.7 Å². The highest BCUT2D eigenvalue weighted by molar-refractivity contribution is 9.10. The van der Waals surface area contributed by atoms with Crippen LogP contribution in [0.4, 0.5) is 4.79 Å². The topological polar surface area (TPSA) is 93.7 Å². The van der Waals surface area contributed by atoms with Gasteiger partial charge in [0, 0.05) is 4.47 Å². The predicted molar refractivity (Wildman–Crippen MR) is 86.1 cm³/mol. The van der Waals surface area contributed by atoms with Gasteiger partial charge in [-0.1, -0.05) is 22.9 Å². The molecule has 8 heteroatoms. The van der Waals surface area contributed by atoms with Crippen LogP contribution < -0.4 is 20.1 Å². The molecule has 7 nitrogen and oxygen atoms in total. The highest BCUT2D eigenvalue weighted by Gasteiger charge is 2.28. The maximum atomic E-state index is 11.8. The molecule has 0 unspecified atom stereocenters. The molecule has 4 amide bonds. The van der Waals surface area contributed by atoms with E-state index in [-0.39, 0.29) is 5.57 Å². The summed E-state index contributed by atoms with van der Waals surface area (Å²) in [6.07, 6.45) is 2.22. The Hall–Kier alpha value is -2.35. The first-order chi connectivity index (χ1) is 11.0. The van der Waals surface area contributed by atoms with Crippen molar-refractivity contribution < 1.29 is 23.9 Å². The quantitative estimate of drug-likeness (QED) is 0.599. The molecule has 0 saturated carbocycles. The number of halogens is 1. The second-order valence-electron chi connectivity index (χ2n) is 4.67. The standard InChI is InChI=1S/C15H15BrN2O5/c1-3-4-23-12-7-10(16)8(6-11(12)22-2)5-9-13(19)17-15(21)18-14(9)20/h5-7H,3-4H2,1-2H3,(H2,17,18,19,20,21). The smallest absolute Gasteiger partial charge is 0.328 e. The average molecular weight is 383 g/mol. The van der Waals surface area contributed by atoms with Crippen molar-refractivity contribution in [2.75, 3.05) is 13.7 Å². The van der Waals surface area contributed by atoms with Crippen LogP contribution in [0.1, 0.15) is 18.9 Å². The summed E-state index contributed by atoms with van der Waals surface area (Å²) in [6.45, 7) is 2.53. The van der Waals surface area contributed by atoms with Gasteiger partial charge in [0.1, 0.15) is 5.57 Å². The molecule has 0 radical (unpaired) electrons. The van der Waals surface area contributed by atoms with E-state index >= 15 is 0 Å². The van der Waals surface area contributed by atoms with E-state index < -0.39 is 17.8 Å². The summed E-state index contributed by atoms with van der Waals surface area (Å²) < 4.78 is 11.5. The molecule has 2 N–H and O–H groups in total. The number of carbonyl (C=O) groups excluding carboxylic acids is 3. The average Bonchev–Trinajstić information content (AvgIpc) is 2.50. The van der Waals surface area contributed by atoms with E-state index in [1.165, 1.54) is 13.2 Å². The van der Waals surface area contributed by atoms with Crippen LogP contribution in [0.5, 0.6) is 11.5 Å². The lowest BCUT2D eigenvalue weighted by Crippen LogP contribution is -2.51. The Balaban J connectivity index is 2.39. The number of amides is 4. The summed E-state index contributed by atoms with van der Waals surface area (Å²) in [5, 5.41) is 4.04. The summed E-state index contributed by atoms with van der Waals surface area (Å²) in [7, 11) is 1.50. The number of nitrogens with one attached hydrogen (secondary N) is 2. The largest absolute Gasteiger partial charge is 0.493 e. The van der Waals surface area contributed by atoms with Crippen LogP contribution in [0.3, 0.4) is 0 Å². The molecule has 1 aliphatic heterocycles. The van der Waals surface area contributed by atoms with Crippen LogP contribution >= 0.6 is 15.9 Å². The predicted octanol–water partition coefficient (Wildman–Crippen LogP) is 2.00. The zero-order chi connectivity index (χ0) is 17.0. The summed E-state index contributed by atoms with van der Waals surface area (Å²) in [5.41, 5.74) is 0.370. The van der Waals surface area contributed by atoms with Gasteiger partial charge in [0.25, 0.3) is 11.8 Å². The van der Waals surface area contributed by atoms with Crippen LogP contribution in [0.2, 0.25) is 0 Å². The number of carbonyl (C=O) groups is 3. The van der Waals surface area contributed by atoms with Crippen molar-refractivity contribution in [2.45, 2.75) is 13.3 Å².